The normalized spacial score (nSPS) is 18.1. The molecule has 0 bridgehead atoms. The first-order chi connectivity index (χ1) is 10.5. The van der Waals surface area contributed by atoms with Gasteiger partial charge in [-0.1, -0.05) is 18.2 Å². The first kappa shape index (κ1) is 15.0. The van der Waals surface area contributed by atoms with E-state index in [4.69, 9.17) is 0 Å². The molecular weight excluding hydrogens is 304 g/mol. The van der Waals surface area contributed by atoms with Gasteiger partial charge in [0.05, 0.1) is 11.4 Å². The van der Waals surface area contributed by atoms with Crippen molar-refractivity contribution < 1.29 is 13.6 Å². The van der Waals surface area contributed by atoms with Crippen LogP contribution in [0.2, 0.25) is 0 Å². The molecule has 2 aromatic rings. The van der Waals surface area contributed by atoms with E-state index in [0.29, 0.717) is 17.0 Å². The molecule has 1 heterocycles. The molecule has 0 N–H and O–H groups in total. The van der Waals surface area contributed by atoms with Gasteiger partial charge >= 0.3 is 0 Å². The van der Waals surface area contributed by atoms with Crippen LogP contribution in [0, 0.1) is 25.5 Å². The topological polar surface area (TPSA) is 20.3 Å². The minimum Gasteiger partial charge on any atom is -0.295 e. The van der Waals surface area contributed by atoms with E-state index in [1.165, 1.54) is 30.0 Å². The lowest BCUT2D eigenvalue weighted by Gasteiger charge is -2.26. The van der Waals surface area contributed by atoms with E-state index in [9.17, 15) is 13.6 Å². The monoisotopic (exact) mass is 319 g/mol. The van der Waals surface area contributed by atoms with Gasteiger partial charge in [-0.3, -0.25) is 9.69 Å². The quantitative estimate of drug-likeness (QED) is 0.820. The van der Waals surface area contributed by atoms with Crippen molar-refractivity contribution in [2.24, 2.45) is 0 Å². The van der Waals surface area contributed by atoms with E-state index in [-0.39, 0.29) is 22.9 Å². The zero-order valence-corrected chi connectivity index (χ0v) is 13.1. The van der Waals surface area contributed by atoms with Crippen LogP contribution in [0.1, 0.15) is 22.1 Å². The largest absolute Gasteiger partial charge is 0.295 e. The van der Waals surface area contributed by atoms with Crippen LogP contribution >= 0.6 is 11.8 Å². The summed E-state index contributed by atoms with van der Waals surface area (Å²) < 4.78 is 27.0. The fraction of sp³-hybridized carbons (Fsp3) is 0.235. The number of anilines is 1. The summed E-state index contributed by atoms with van der Waals surface area (Å²) in [5.41, 5.74) is 2.79. The van der Waals surface area contributed by atoms with E-state index in [2.05, 4.69) is 0 Å². The predicted octanol–water partition coefficient (Wildman–Crippen LogP) is 4.36. The summed E-state index contributed by atoms with van der Waals surface area (Å²) in [5, 5.41) is -0.257. The molecule has 0 aromatic heterocycles. The lowest BCUT2D eigenvalue weighted by atomic mass is 10.1. The summed E-state index contributed by atoms with van der Waals surface area (Å²) in [5.74, 6) is -0.381. The number of carbonyl (C=O) groups is 1. The molecule has 1 saturated heterocycles. The van der Waals surface area contributed by atoms with Crippen LogP contribution in [0.3, 0.4) is 0 Å². The molecule has 1 fully saturated rings. The number of amides is 1. The van der Waals surface area contributed by atoms with E-state index in [1.54, 1.807) is 30.0 Å². The Morgan fingerprint density at radius 1 is 1.09 bits per heavy atom. The molecule has 1 amide bonds. The summed E-state index contributed by atoms with van der Waals surface area (Å²) in [4.78, 5) is 13.9. The Morgan fingerprint density at radius 3 is 2.59 bits per heavy atom. The zero-order chi connectivity index (χ0) is 15.9. The molecule has 1 aliphatic heterocycles. The van der Waals surface area contributed by atoms with Gasteiger partial charge in [0.25, 0.3) is 0 Å². The molecule has 0 aliphatic carbocycles. The van der Waals surface area contributed by atoms with Gasteiger partial charge in [-0.05, 0) is 48.7 Å². The Bertz CT molecular complexity index is 747. The third-order valence-corrected chi connectivity index (χ3v) is 4.98. The molecular formula is C17H15F2NOS. The fourth-order valence-corrected chi connectivity index (χ4v) is 3.75. The number of halogens is 2. The molecule has 1 atom stereocenters. The van der Waals surface area contributed by atoms with Crippen molar-refractivity contribution in [1.82, 2.24) is 0 Å². The minimum atomic E-state index is -0.376. The molecule has 22 heavy (non-hydrogen) atoms. The number of nitrogens with zero attached hydrogens (tertiary/aromatic N) is 1. The second-order valence-corrected chi connectivity index (χ2v) is 6.44. The van der Waals surface area contributed by atoms with Crippen LogP contribution in [-0.2, 0) is 4.79 Å². The molecule has 2 aromatic carbocycles. The number of benzene rings is 2. The van der Waals surface area contributed by atoms with Crippen LogP contribution in [0.4, 0.5) is 14.5 Å². The Labute approximate surface area is 132 Å². The van der Waals surface area contributed by atoms with Gasteiger partial charge in [-0.15, -0.1) is 11.8 Å². The maximum atomic E-state index is 13.6. The van der Waals surface area contributed by atoms with Crippen molar-refractivity contribution in [2.75, 3.05) is 10.7 Å². The summed E-state index contributed by atoms with van der Waals surface area (Å²) >= 11 is 1.47. The number of hydrogen-bond donors (Lipinski definition) is 0. The Morgan fingerprint density at radius 2 is 1.86 bits per heavy atom. The van der Waals surface area contributed by atoms with Crippen molar-refractivity contribution >= 4 is 23.4 Å². The van der Waals surface area contributed by atoms with Crippen LogP contribution in [0.25, 0.3) is 0 Å². The highest BCUT2D eigenvalue weighted by atomic mass is 32.2. The Hall–Kier alpha value is -1.88. The molecule has 5 heteroatoms. The van der Waals surface area contributed by atoms with E-state index >= 15 is 0 Å². The lowest BCUT2D eigenvalue weighted by molar-refractivity contribution is -0.115. The van der Waals surface area contributed by atoms with Gasteiger partial charge in [0.1, 0.15) is 17.0 Å². The zero-order valence-electron chi connectivity index (χ0n) is 12.3. The van der Waals surface area contributed by atoms with Crippen molar-refractivity contribution in [3.63, 3.8) is 0 Å². The molecule has 114 valence electrons. The Balaban J connectivity index is 2.05. The average Bonchev–Trinajstić information content (AvgIpc) is 2.86. The minimum absolute atomic E-state index is 0.0642. The molecule has 0 spiro atoms. The number of hydrogen-bond acceptors (Lipinski definition) is 2. The van der Waals surface area contributed by atoms with Crippen LogP contribution in [0.5, 0.6) is 0 Å². The van der Waals surface area contributed by atoms with Crippen molar-refractivity contribution in [3.8, 4) is 0 Å². The van der Waals surface area contributed by atoms with Crippen molar-refractivity contribution in [3.05, 3.63) is 64.7 Å². The van der Waals surface area contributed by atoms with Crippen LogP contribution in [-0.4, -0.2) is 11.7 Å². The third kappa shape index (κ3) is 2.61. The lowest BCUT2D eigenvalue weighted by Crippen LogP contribution is -2.28. The maximum Gasteiger partial charge on any atom is 0.238 e. The van der Waals surface area contributed by atoms with Crippen molar-refractivity contribution in [2.45, 2.75) is 19.2 Å². The summed E-state index contributed by atoms with van der Waals surface area (Å²) in [6.07, 6.45) is 0. The maximum absolute atomic E-state index is 13.6. The van der Waals surface area contributed by atoms with Crippen molar-refractivity contribution in [1.29, 1.82) is 0 Å². The van der Waals surface area contributed by atoms with Gasteiger partial charge in [0.2, 0.25) is 5.91 Å². The van der Waals surface area contributed by atoms with Crippen LogP contribution < -0.4 is 4.90 Å². The number of thioether (sulfide) groups is 1. The fourth-order valence-electron chi connectivity index (χ4n) is 2.59. The molecule has 0 saturated carbocycles. The molecule has 2 nitrogen and oxygen atoms in total. The highest BCUT2D eigenvalue weighted by Crippen LogP contribution is 2.43. The second kappa shape index (κ2) is 5.72. The molecule has 1 unspecified atom stereocenters. The predicted molar refractivity (Wildman–Crippen MR) is 85.0 cm³/mol. The smallest absolute Gasteiger partial charge is 0.238 e. The molecule has 1 aliphatic rings. The SMILES string of the molecule is Cc1cc(C2SCC(=O)N2c2cc(F)ccc2C)ccc1F. The van der Waals surface area contributed by atoms with E-state index < -0.39 is 0 Å². The number of carbonyl (C=O) groups excluding carboxylic acids is 1. The van der Waals surface area contributed by atoms with Gasteiger partial charge < -0.3 is 0 Å². The number of rotatable bonds is 2. The average molecular weight is 319 g/mol. The van der Waals surface area contributed by atoms with E-state index in [1.807, 2.05) is 6.92 Å². The summed E-state index contributed by atoms with van der Waals surface area (Å²) in [6, 6.07) is 9.25. The van der Waals surface area contributed by atoms with Gasteiger partial charge in [0.15, 0.2) is 0 Å². The highest BCUT2D eigenvalue weighted by molar-refractivity contribution is 8.00. The first-order valence-corrected chi connectivity index (χ1v) is 7.98. The van der Waals surface area contributed by atoms with Gasteiger partial charge in [0, 0.05) is 0 Å². The number of aryl methyl sites for hydroxylation is 2. The van der Waals surface area contributed by atoms with Gasteiger partial charge in [-0.25, -0.2) is 8.78 Å². The first-order valence-electron chi connectivity index (χ1n) is 6.93. The van der Waals surface area contributed by atoms with E-state index in [0.717, 1.165) is 11.1 Å². The third-order valence-electron chi connectivity index (χ3n) is 3.77. The van der Waals surface area contributed by atoms with Gasteiger partial charge in [-0.2, -0.15) is 0 Å². The molecule has 3 rings (SSSR count). The standard InChI is InChI=1S/C17H15F2NOS/c1-10-3-5-13(18)8-15(10)20-16(21)9-22-17(20)12-4-6-14(19)11(2)7-12/h3-8,17H,9H2,1-2H3. The summed E-state index contributed by atoms with van der Waals surface area (Å²) in [6.45, 7) is 3.54. The highest BCUT2D eigenvalue weighted by Gasteiger charge is 2.35. The Kier molecular flexibility index (Phi) is 3.91. The second-order valence-electron chi connectivity index (χ2n) is 5.37. The van der Waals surface area contributed by atoms with Crippen LogP contribution in [0.15, 0.2) is 36.4 Å². The summed E-state index contributed by atoms with van der Waals surface area (Å²) in [7, 11) is 0. The molecule has 0 radical (unpaired) electrons.